The number of nitrogens with zero attached hydrogens (tertiary/aromatic N) is 3. The van der Waals surface area contributed by atoms with Crippen LogP contribution >= 0.6 is 0 Å². The highest BCUT2D eigenvalue weighted by atomic mass is 16.5. The van der Waals surface area contributed by atoms with Gasteiger partial charge in [-0.05, 0) is 25.5 Å². The molecule has 0 saturated heterocycles. The van der Waals surface area contributed by atoms with Gasteiger partial charge in [-0.25, -0.2) is 9.97 Å². The first-order chi connectivity index (χ1) is 10.3. The van der Waals surface area contributed by atoms with Crippen molar-refractivity contribution in [3.8, 4) is 5.88 Å². The van der Waals surface area contributed by atoms with Gasteiger partial charge in [-0.15, -0.1) is 0 Å². The molecular formula is C16H20N4O. The van der Waals surface area contributed by atoms with Crippen LogP contribution in [0.2, 0.25) is 0 Å². The van der Waals surface area contributed by atoms with Gasteiger partial charge in [0.25, 0.3) is 0 Å². The van der Waals surface area contributed by atoms with Gasteiger partial charge in [0.15, 0.2) is 0 Å². The van der Waals surface area contributed by atoms with Gasteiger partial charge in [0.05, 0.1) is 12.2 Å². The van der Waals surface area contributed by atoms with Crippen LogP contribution in [0.4, 0.5) is 11.5 Å². The smallest absolute Gasteiger partial charge is 0.221 e. The summed E-state index contributed by atoms with van der Waals surface area (Å²) in [4.78, 5) is 11.0. The van der Waals surface area contributed by atoms with E-state index in [4.69, 9.17) is 4.74 Å². The Kier molecular flexibility index (Phi) is 4.01. The van der Waals surface area contributed by atoms with E-state index in [0.29, 0.717) is 12.5 Å². The SMILES string of the molecule is CCOc1ncnc(N2CCNCc3ccccc32)c1C. The number of aromatic nitrogens is 2. The second-order valence-electron chi connectivity index (χ2n) is 5.02. The molecule has 5 heteroatoms. The van der Waals surface area contributed by atoms with Crippen molar-refractivity contribution in [1.82, 2.24) is 15.3 Å². The minimum atomic E-state index is 0.607. The lowest BCUT2D eigenvalue weighted by Gasteiger charge is -2.25. The molecule has 1 aromatic carbocycles. The van der Waals surface area contributed by atoms with E-state index in [1.54, 1.807) is 6.33 Å². The maximum absolute atomic E-state index is 5.59. The van der Waals surface area contributed by atoms with Crippen molar-refractivity contribution in [2.75, 3.05) is 24.6 Å². The van der Waals surface area contributed by atoms with Gasteiger partial charge in [-0.2, -0.15) is 0 Å². The number of rotatable bonds is 3. The van der Waals surface area contributed by atoms with Crippen LogP contribution in [0.1, 0.15) is 18.1 Å². The Morgan fingerprint density at radius 3 is 3.00 bits per heavy atom. The number of anilines is 2. The third kappa shape index (κ3) is 2.69. The summed E-state index contributed by atoms with van der Waals surface area (Å²) in [7, 11) is 0. The first-order valence-electron chi connectivity index (χ1n) is 7.31. The van der Waals surface area contributed by atoms with Crippen molar-refractivity contribution in [2.24, 2.45) is 0 Å². The average molecular weight is 284 g/mol. The van der Waals surface area contributed by atoms with Gasteiger partial charge in [0, 0.05) is 25.3 Å². The number of fused-ring (bicyclic) bond motifs is 1. The number of ether oxygens (including phenoxy) is 1. The predicted molar refractivity (Wildman–Crippen MR) is 83.1 cm³/mol. The van der Waals surface area contributed by atoms with Gasteiger partial charge in [0.2, 0.25) is 5.88 Å². The highest BCUT2D eigenvalue weighted by molar-refractivity contribution is 5.67. The third-order valence-electron chi connectivity index (χ3n) is 3.66. The van der Waals surface area contributed by atoms with Crippen molar-refractivity contribution in [3.63, 3.8) is 0 Å². The topological polar surface area (TPSA) is 50.3 Å². The zero-order valence-electron chi connectivity index (χ0n) is 12.5. The van der Waals surface area contributed by atoms with Crippen molar-refractivity contribution >= 4 is 11.5 Å². The summed E-state index contributed by atoms with van der Waals surface area (Å²) < 4.78 is 5.59. The Morgan fingerprint density at radius 1 is 1.29 bits per heavy atom. The van der Waals surface area contributed by atoms with Crippen LogP contribution in [0.25, 0.3) is 0 Å². The van der Waals surface area contributed by atoms with Crippen LogP contribution in [-0.2, 0) is 6.54 Å². The molecule has 5 nitrogen and oxygen atoms in total. The summed E-state index contributed by atoms with van der Waals surface area (Å²) in [5.74, 6) is 1.58. The van der Waals surface area contributed by atoms with Crippen molar-refractivity contribution in [3.05, 3.63) is 41.7 Å². The van der Waals surface area contributed by atoms with E-state index in [-0.39, 0.29) is 0 Å². The second kappa shape index (κ2) is 6.10. The van der Waals surface area contributed by atoms with Crippen LogP contribution in [0.3, 0.4) is 0 Å². The Balaban J connectivity index is 2.06. The minimum absolute atomic E-state index is 0.607. The monoisotopic (exact) mass is 284 g/mol. The summed E-state index contributed by atoms with van der Waals surface area (Å²) in [6.07, 6.45) is 1.58. The number of hydrogen-bond acceptors (Lipinski definition) is 5. The lowest BCUT2D eigenvalue weighted by atomic mass is 10.1. The summed E-state index contributed by atoms with van der Waals surface area (Å²) in [6, 6.07) is 8.43. The maximum Gasteiger partial charge on any atom is 0.221 e. The van der Waals surface area contributed by atoms with E-state index in [1.165, 1.54) is 11.3 Å². The molecule has 0 amide bonds. The standard InChI is InChI=1S/C16H20N4O/c1-3-21-16-12(2)15(18-11-19-16)20-9-8-17-10-13-6-4-5-7-14(13)20/h4-7,11,17H,3,8-10H2,1-2H3. The third-order valence-corrected chi connectivity index (χ3v) is 3.66. The van der Waals surface area contributed by atoms with E-state index in [2.05, 4.69) is 44.5 Å². The quantitative estimate of drug-likeness (QED) is 0.938. The summed E-state index contributed by atoms with van der Waals surface area (Å²) in [5.41, 5.74) is 3.47. The van der Waals surface area contributed by atoms with Gasteiger partial charge in [0.1, 0.15) is 12.1 Å². The van der Waals surface area contributed by atoms with E-state index in [1.807, 2.05) is 13.8 Å². The number of para-hydroxylation sites is 1. The molecule has 0 unspecified atom stereocenters. The minimum Gasteiger partial charge on any atom is -0.478 e. The van der Waals surface area contributed by atoms with Crippen LogP contribution in [0.15, 0.2) is 30.6 Å². The molecule has 1 aliphatic rings. The molecule has 21 heavy (non-hydrogen) atoms. The fourth-order valence-electron chi connectivity index (χ4n) is 2.66. The van der Waals surface area contributed by atoms with E-state index in [9.17, 15) is 0 Å². The molecule has 110 valence electrons. The fraction of sp³-hybridized carbons (Fsp3) is 0.375. The van der Waals surface area contributed by atoms with Gasteiger partial charge in [-0.1, -0.05) is 18.2 Å². The Labute approximate surface area is 125 Å². The second-order valence-corrected chi connectivity index (χ2v) is 5.02. The molecule has 1 N–H and O–H groups in total. The molecule has 2 heterocycles. The zero-order chi connectivity index (χ0) is 14.7. The lowest BCUT2D eigenvalue weighted by molar-refractivity contribution is 0.323. The molecule has 0 radical (unpaired) electrons. The molecule has 0 aliphatic carbocycles. The molecule has 0 saturated carbocycles. The summed E-state index contributed by atoms with van der Waals surface area (Å²) in [6.45, 7) is 7.26. The molecule has 3 rings (SSSR count). The Bertz CT molecular complexity index is 629. The largest absolute Gasteiger partial charge is 0.478 e. The van der Waals surface area contributed by atoms with Crippen LogP contribution < -0.4 is 15.0 Å². The summed E-state index contributed by atoms with van der Waals surface area (Å²) in [5, 5.41) is 3.45. The molecule has 1 aromatic heterocycles. The molecule has 2 aromatic rings. The van der Waals surface area contributed by atoms with E-state index in [0.717, 1.165) is 31.0 Å². The van der Waals surface area contributed by atoms with Gasteiger partial charge < -0.3 is 15.0 Å². The summed E-state index contributed by atoms with van der Waals surface area (Å²) >= 11 is 0. The highest BCUT2D eigenvalue weighted by Crippen LogP contribution is 2.32. The number of hydrogen-bond donors (Lipinski definition) is 1. The molecule has 0 spiro atoms. The predicted octanol–water partition coefficient (Wildman–Crippen LogP) is 2.43. The Hall–Kier alpha value is -2.14. The molecule has 1 aliphatic heterocycles. The molecule has 0 atom stereocenters. The molecule has 0 bridgehead atoms. The van der Waals surface area contributed by atoms with Crippen molar-refractivity contribution in [1.29, 1.82) is 0 Å². The van der Waals surface area contributed by atoms with Crippen molar-refractivity contribution < 1.29 is 4.74 Å². The van der Waals surface area contributed by atoms with Crippen LogP contribution in [-0.4, -0.2) is 29.7 Å². The number of benzene rings is 1. The van der Waals surface area contributed by atoms with Crippen LogP contribution in [0.5, 0.6) is 5.88 Å². The van der Waals surface area contributed by atoms with Gasteiger partial charge >= 0.3 is 0 Å². The Morgan fingerprint density at radius 2 is 2.14 bits per heavy atom. The fourth-order valence-corrected chi connectivity index (χ4v) is 2.66. The van der Waals surface area contributed by atoms with Crippen LogP contribution in [0, 0.1) is 6.92 Å². The first kappa shape index (κ1) is 13.8. The molecular weight excluding hydrogens is 264 g/mol. The number of nitrogens with one attached hydrogen (secondary N) is 1. The normalized spacial score (nSPS) is 14.5. The first-order valence-corrected chi connectivity index (χ1v) is 7.31. The highest BCUT2D eigenvalue weighted by Gasteiger charge is 2.20. The average Bonchev–Trinajstić information content (AvgIpc) is 2.72. The molecule has 0 fully saturated rings. The van der Waals surface area contributed by atoms with Crippen molar-refractivity contribution in [2.45, 2.75) is 20.4 Å². The van der Waals surface area contributed by atoms with Gasteiger partial charge in [-0.3, -0.25) is 0 Å². The lowest BCUT2D eigenvalue weighted by Crippen LogP contribution is -2.26. The maximum atomic E-state index is 5.59. The van der Waals surface area contributed by atoms with E-state index >= 15 is 0 Å². The zero-order valence-corrected chi connectivity index (χ0v) is 12.5. The van der Waals surface area contributed by atoms with E-state index < -0.39 is 0 Å².